The summed E-state index contributed by atoms with van der Waals surface area (Å²) in [6.45, 7) is 0.548. The van der Waals surface area contributed by atoms with Gasteiger partial charge in [0.25, 0.3) is 5.56 Å². The SMILES string of the molecule is CS(=O)(=O)CCSc1nc2ccccc2c(=O)n1CCCc1ccccc1. The average Bonchev–Trinajstić information content (AvgIpc) is 2.64. The second-order valence-electron chi connectivity index (χ2n) is 6.44. The molecule has 0 aliphatic rings. The Balaban J connectivity index is 1.84. The molecule has 1 heterocycles. The first-order valence-corrected chi connectivity index (χ1v) is 11.8. The third kappa shape index (κ3) is 5.43. The van der Waals surface area contributed by atoms with Crippen molar-refractivity contribution < 1.29 is 8.42 Å². The van der Waals surface area contributed by atoms with Crippen LogP contribution in [0, 0.1) is 0 Å². The van der Waals surface area contributed by atoms with Gasteiger partial charge in [-0.15, -0.1) is 0 Å². The summed E-state index contributed by atoms with van der Waals surface area (Å²) in [7, 11) is -3.05. The lowest BCUT2D eigenvalue weighted by Crippen LogP contribution is -2.24. The summed E-state index contributed by atoms with van der Waals surface area (Å²) >= 11 is 1.32. The summed E-state index contributed by atoms with van der Waals surface area (Å²) in [5, 5.41) is 1.17. The minimum Gasteiger partial charge on any atom is -0.287 e. The number of fused-ring (bicyclic) bond motifs is 1. The zero-order chi connectivity index (χ0) is 19.3. The zero-order valence-electron chi connectivity index (χ0n) is 15.2. The zero-order valence-corrected chi connectivity index (χ0v) is 16.8. The lowest BCUT2D eigenvalue weighted by molar-refractivity contribution is 0.564. The molecule has 1 aromatic heterocycles. The van der Waals surface area contributed by atoms with Gasteiger partial charge in [-0.1, -0.05) is 54.2 Å². The molecule has 0 N–H and O–H groups in total. The Morgan fingerprint density at radius 1 is 1.04 bits per heavy atom. The lowest BCUT2D eigenvalue weighted by Gasteiger charge is -2.13. The molecule has 0 spiro atoms. The number of aromatic nitrogens is 2. The molecule has 0 saturated carbocycles. The van der Waals surface area contributed by atoms with E-state index in [0.717, 1.165) is 12.8 Å². The van der Waals surface area contributed by atoms with Crippen LogP contribution in [0.3, 0.4) is 0 Å². The van der Waals surface area contributed by atoms with Gasteiger partial charge in [0.05, 0.1) is 16.7 Å². The first-order chi connectivity index (χ1) is 12.9. The molecule has 142 valence electrons. The van der Waals surface area contributed by atoms with E-state index in [1.54, 1.807) is 10.6 Å². The smallest absolute Gasteiger partial charge is 0.262 e. The molecular formula is C20H22N2O3S2. The summed E-state index contributed by atoms with van der Waals surface area (Å²) < 4.78 is 24.5. The van der Waals surface area contributed by atoms with Crippen LogP contribution in [-0.2, 0) is 22.8 Å². The van der Waals surface area contributed by atoms with E-state index in [0.29, 0.717) is 28.4 Å². The first kappa shape index (κ1) is 19.6. The van der Waals surface area contributed by atoms with Crippen LogP contribution in [-0.4, -0.2) is 35.7 Å². The van der Waals surface area contributed by atoms with Crippen LogP contribution in [0.15, 0.2) is 64.5 Å². The van der Waals surface area contributed by atoms with Gasteiger partial charge in [0.2, 0.25) is 0 Å². The van der Waals surface area contributed by atoms with Crippen LogP contribution in [0.25, 0.3) is 10.9 Å². The third-order valence-electron chi connectivity index (χ3n) is 4.20. The summed E-state index contributed by atoms with van der Waals surface area (Å²) in [5.41, 5.74) is 1.80. The van der Waals surface area contributed by atoms with E-state index in [2.05, 4.69) is 17.1 Å². The molecule has 0 aliphatic carbocycles. The van der Waals surface area contributed by atoms with E-state index in [9.17, 15) is 13.2 Å². The van der Waals surface area contributed by atoms with Crippen molar-refractivity contribution in [2.24, 2.45) is 0 Å². The molecule has 27 heavy (non-hydrogen) atoms. The quantitative estimate of drug-likeness (QED) is 0.428. The van der Waals surface area contributed by atoms with Gasteiger partial charge in [-0.2, -0.15) is 0 Å². The maximum atomic E-state index is 12.9. The Labute approximate surface area is 163 Å². The highest BCUT2D eigenvalue weighted by Gasteiger charge is 2.12. The average molecular weight is 403 g/mol. The van der Waals surface area contributed by atoms with Crippen LogP contribution in [0.5, 0.6) is 0 Å². The molecule has 5 nitrogen and oxygen atoms in total. The second kappa shape index (κ2) is 8.71. The highest BCUT2D eigenvalue weighted by atomic mass is 32.2. The fourth-order valence-electron chi connectivity index (χ4n) is 2.83. The Hall–Kier alpha value is -2.12. The van der Waals surface area contributed by atoms with E-state index >= 15 is 0 Å². The lowest BCUT2D eigenvalue weighted by atomic mass is 10.1. The molecule has 3 rings (SSSR count). The summed E-state index contributed by atoms with van der Waals surface area (Å²) in [6.07, 6.45) is 2.89. The molecular weight excluding hydrogens is 380 g/mol. The first-order valence-electron chi connectivity index (χ1n) is 8.78. The summed E-state index contributed by atoms with van der Waals surface area (Å²) in [5.74, 6) is 0.437. The number of benzene rings is 2. The van der Waals surface area contributed by atoms with Gasteiger partial charge in [0.15, 0.2) is 5.16 Å². The predicted octanol–water partition coefficient (Wildman–Crippen LogP) is 3.17. The van der Waals surface area contributed by atoms with Crippen molar-refractivity contribution in [2.45, 2.75) is 24.5 Å². The number of hydrogen-bond acceptors (Lipinski definition) is 5. The number of aryl methyl sites for hydroxylation is 1. The van der Waals surface area contributed by atoms with Crippen LogP contribution in [0.2, 0.25) is 0 Å². The normalized spacial score (nSPS) is 11.7. The van der Waals surface area contributed by atoms with E-state index in [4.69, 9.17) is 0 Å². The Kier molecular flexibility index (Phi) is 6.34. The molecule has 0 bridgehead atoms. The molecule has 0 saturated heterocycles. The summed E-state index contributed by atoms with van der Waals surface area (Å²) in [4.78, 5) is 17.6. The fraction of sp³-hybridized carbons (Fsp3) is 0.300. The van der Waals surface area contributed by atoms with Crippen LogP contribution in [0.4, 0.5) is 0 Å². The molecule has 0 amide bonds. The highest BCUT2D eigenvalue weighted by molar-refractivity contribution is 8.00. The van der Waals surface area contributed by atoms with Crippen molar-refractivity contribution in [1.82, 2.24) is 9.55 Å². The molecule has 0 aliphatic heterocycles. The fourth-order valence-corrected chi connectivity index (χ4v) is 5.05. The number of thioether (sulfide) groups is 1. The van der Waals surface area contributed by atoms with Crippen molar-refractivity contribution >= 4 is 32.5 Å². The second-order valence-corrected chi connectivity index (χ2v) is 9.76. The van der Waals surface area contributed by atoms with E-state index in [-0.39, 0.29) is 11.3 Å². The van der Waals surface area contributed by atoms with Gasteiger partial charge < -0.3 is 0 Å². The van der Waals surface area contributed by atoms with Gasteiger partial charge in [0, 0.05) is 18.6 Å². The topological polar surface area (TPSA) is 69.0 Å². The number of rotatable bonds is 8. The molecule has 0 atom stereocenters. The van der Waals surface area contributed by atoms with Crippen LogP contribution >= 0.6 is 11.8 Å². The van der Waals surface area contributed by atoms with Gasteiger partial charge in [-0.05, 0) is 30.5 Å². The van der Waals surface area contributed by atoms with Crippen molar-refractivity contribution in [3.05, 3.63) is 70.5 Å². The third-order valence-corrected chi connectivity index (χ3v) is 6.38. The van der Waals surface area contributed by atoms with Crippen molar-refractivity contribution in [2.75, 3.05) is 17.8 Å². The van der Waals surface area contributed by atoms with E-state index in [1.807, 2.05) is 36.4 Å². The molecule has 0 radical (unpaired) electrons. The maximum Gasteiger partial charge on any atom is 0.262 e. The van der Waals surface area contributed by atoms with Crippen molar-refractivity contribution in [3.8, 4) is 0 Å². The van der Waals surface area contributed by atoms with E-state index < -0.39 is 9.84 Å². The Morgan fingerprint density at radius 2 is 1.74 bits per heavy atom. The van der Waals surface area contributed by atoms with Crippen molar-refractivity contribution in [1.29, 1.82) is 0 Å². The molecule has 2 aromatic carbocycles. The van der Waals surface area contributed by atoms with Gasteiger partial charge >= 0.3 is 0 Å². The maximum absolute atomic E-state index is 12.9. The Bertz CT molecular complexity index is 1080. The molecule has 0 fully saturated rings. The predicted molar refractivity (Wildman–Crippen MR) is 111 cm³/mol. The monoisotopic (exact) mass is 402 g/mol. The number of nitrogens with zero attached hydrogens (tertiary/aromatic N) is 2. The molecule has 7 heteroatoms. The number of hydrogen-bond donors (Lipinski definition) is 0. The van der Waals surface area contributed by atoms with E-state index in [1.165, 1.54) is 23.6 Å². The van der Waals surface area contributed by atoms with Crippen LogP contribution in [0.1, 0.15) is 12.0 Å². The molecule has 3 aromatic rings. The number of sulfone groups is 1. The largest absolute Gasteiger partial charge is 0.287 e. The molecule has 0 unspecified atom stereocenters. The highest BCUT2D eigenvalue weighted by Crippen LogP contribution is 2.19. The van der Waals surface area contributed by atoms with Gasteiger partial charge in [0.1, 0.15) is 9.84 Å². The number of para-hydroxylation sites is 1. The van der Waals surface area contributed by atoms with Crippen molar-refractivity contribution in [3.63, 3.8) is 0 Å². The van der Waals surface area contributed by atoms with Crippen LogP contribution < -0.4 is 5.56 Å². The summed E-state index contributed by atoms with van der Waals surface area (Å²) in [6, 6.07) is 17.4. The Morgan fingerprint density at radius 3 is 2.48 bits per heavy atom. The minimum atomic E-state index is -3.05. The minimum absolute atomic E-state index is 0.0599. The van der Waals surface area contributed by atoms with Gasteiger partial charge in [-0.3, -0.25) is 9.36 Å². The van der Waals surface area contributed by atoms with Gasteiger partial charge in [-0.25, -0.2) is 13.4 Å². The standard InChI is InChI=1S/C20H22N2O3S2/c1-27(24,25)15-14-26-20-21-18-12-6-5-11-17(18)19(23)22(20)13-7-10-16-8-3-2-4-9-16/h2-6,8-9,11-12H,7,10,13-15H2,1H3.